The third kappa shape index (κ3) is 3.49. The number of rotatable bonds is 7. The minimum atomic E-state index is -0.509. The van der Waals surface area contributed by atoms with Crippen LogP contribution in [0.4, 0.5) is 0 Å². The first kappa shape index (κ1) is 15.7. The molecule has 1 atom stereocenters. The van der Waals surface area contributed by atoms with Crippen molar-refractivity contribution in [2.75, 3.05) is 13.2 Å². The van der Waals surface area contributed by atoms with Crippen LogP contribution in [0, 0.1) is 0 Å². The normalized spacial score (nSPS) is 14.1. The van der Waals surface area contributed by atoms with E-state index in [0.717, 1.165) is 24.0 Å². The SMILES string of the molecule is CCOC(C)(CC)c1noc(-c2cccc(CCN)c2)n1. The number of nitrogens with two attached hydrogens (primary N) is 1. The first-order chi connectivity index (χ1) is 10.1. The van der Waals surface area contributed by atoms with Crippen molar-refractivity contribution in [3.8, 4) is 11.5 Å². The Morgan fingerprint density at radius 1 is 1.33 bits per heavy atom. The number of hydrogen-bond donors (Lipinski definition) is 1. The third-order valence-corrected chi connectivity index (χ3v) is 3.64. The molecule has 5 heteroatoms. The fourth-order valence-corrected chi connectivity index (χ4v) is 2.23. The zero-order chi connectivity index (χ0) is 15.3. The summed E-state index contributed by atoms with van der Waals surface area (Å²) < 4.78 is 11.2. The van der Waals surface area contributed by atoms with E-state index in [2.05, 4.69) is 10.1 Å². The molecule has 0 aliphatic carbocycles. The second-order valence-electron chi connectivity index (χ2n) is 5.18. The van der Waals surface area contributed by atoms with Crippen molar-refractivity contribution < 1.29 is 9.26 Å². The number of ether oxygens (including phenoxy) is 1. The lowest BCUT2D eigenvalue weighted by Gasteiger charge is -2.23. The molecular weight excluding hydrogens is 266 g/mol. The van der Waals surface area contributed by atoms with E-state index in [4.69, 9.17) is 15.0 Å². The fourth-order valence-electron chi connectivity index (χ4n) is 2.23. The molecule has 2 rings (SSSR count). The number of hydrogen-bond acceptors (Lipinski definition) is 5. The summed E-state index contributed by atoms with van der Waals surface area (Å²) in [6.45, 7) is 7.23. The van der Waals surface area contributed by atoms with E-state index >= 15 is 0 Å². The van der Waals surface area contributed by atoms with E-state index in [0.29, 0.717) is 24.9 Å². The predicted octanol–water partition coefficient (Wildman–Crippen LogP) is 2.90. The van der Waals surface area contributed by atoms with Gasteiger partial charge < -0.3 is 15.0 Å². The number of aromatic nitrogens is 2. The van der Waals surface area contributed by atoms with Crippen LogP contribution >= 0.6 is 0 Å². The zero-order valence-electron chi connectivity index (χ0n) is 12.9. The Bertz CT molecular complexity index is 582. The van der Waals surface area contributed by atoms with Crippen LogP contribution in [0.2, 0.25) is 0 Å². The summed E-state index contributed by atoms with van der Waals surface area (Å²) in [6, 6.07) is 8.02. The molecule has 1 heterocycles. The fraction of sp³-hybridized carbons (Fsp3) is 0.500. The van der Waals surface area contributed by atoms with Gasteiger partial charge in [0.05, 0.1) is 0 Å². The van der Waals surface area contributed by atoms with Crippen molar-refractivity contribution in [3.05, 3.63) is 35.7 Å². The van der Waals surface area contributed by atoms with Gasteiger partial charge in [0.1, 0.15) is 5.60 Å². The molecule has 2 aromatic rings. The van der Waals surface area contributed by atoms with Crippen LogP contribution in [0.1, 0.15) is 38.6 Å². The monoisotopic (exact) mass is 289 g/mol. The highest BCUT2D eigenvalue weighted by Crippen LogP contribution is 2.28. The maximum Gasteiger partial charge on any atom is 0.258 e. The van der Waals surface area contributed by atoms with Gasteiger partial charge >= 0.3 is 0 Å². The van der Waals surface area contributed by atoms with Crippen molar-refractivity contribution in [3.63, 3.8) is 0 Å². The summed E-state index contributed by atoms with van der Waals surface area (Å²) in [5, 5.41) is 4.09. The molecule has 1 aromatic heterocycles. The van der Waals surface area contributed by atoms with E-state index < -0.39 is 5.60 Å². The van der Waals surface area contributed by atoms with Crippen LogP contribution in [0.3, 0.4) is 0 Å². The average molecular weight is 289 g/mol. The van der Waals surface area contributed by atoms with Crippen LogP contribution < -0.4 is 5.73 Å². The topological polar surface area (TPSA) is 74.2 Å². The van der Waals surface area contributed by atoms with Crippen LogP contribution in [-0.2, 0) is 16.8 Å². The smallest absolute Gasteiger partial charge is 0.258 e. The molecule has 0 radical (unpaired) electrons. The van der Waals surface area contributed by atoms with Crippen LogP contribution in [0.25, 0.3) is 11.5 Å². The van der Waals surface area contributed by atoms with Crippen LogP contribution in [0.5, 0.6) is 0 Å². The van der Waals surface area contributed by atoms with Gasteiger partial charge in [-0.15, -0.1) is 0 Å². The molecule has 0 fully saturated rings. The van der Waals surface area contributed by atoms with Crippen LogP contribution in [0.15, 0.2) is 28.8 Å². The Kier molecular flexibility index (Phi) is 5.09. The van der Waals surface area contributed by atoms with Crippen molar-refractivity contribution >= 4 is 0 Å². The van der Waals surface area contributed by atoms with Crippen molar-refractivity contribution in [2.45, 2.75) is 39.2 Å². The Labute approximate surface area is 125 Å². The Morgan fingerprint density at radius 2 is 2.14 bits per heavy atom. The van der Waals surface area contributed by atoms with E-state index in [-0.39, 0.29) is 0 Å². The third-order valence-electron chi connectivity index (χ3n) is 3.64. The van der Waals surface area contributed by atoms with Gasteiger partial charge in [0.2, 0.25) is 5.82 Å². The molecule has 2 N–H and O–H groups in total. The molecule has 5 nitrogen and oxygen atoms in total. The molecule has 114 valence electrons. The molecule has 0 aliphatic heterocycles. The molecule has 0 bridgehead atoms. The van der Waals surface area contributed by atoms with E-state index in [1.54, 1.807) is 0 Å². The molecule has 0 saturated heterocycles. The minimum absolute atomic E-state index is 0.509. The highest BCUT2D eigenvalue weighted by Gasteiger charge is 2.31. The summed E-state index contributed by atoms with van der Waals surface area (Å²) in [5.41, 5.74) is 7.16. The Balaban J connectivity index is 2.29. The molecule has 1 unspecified atom stereocenters. The van der Waals surface area contributed by atoms with Crippen molar-refractivity contribution in [1.82, 2.24) is 10.1 Å². The standard InChI is InChI=1S/C16H23N3O2/c1-4-16(3,20-5-2)15-18-14(21-19-15)13-8-6-7-12(11-13)9-10-17/h6-8,11H,4-5,9-10,17H2,1-3H3. The molecule has 0 aliphatic rings. The van der Waals surface area contributed by atoms with Gasteiger partial charge in [0, 0.05) is 12.2 Å². The van der Waals surface area contributed by atoms with Crippen LogP contribution in [-0.4, -0.2) is 23.3 Å². The largest absolute Gasteiger partial charge is 0.367 e. The van der Waals surface area contributed by atoms with Gasteiger partial charge in [0.15, 0.2) is 0 Å². The molecule has 1 aromatic carbocycles. The maximum atomic E-state index is 5.77. The molecule has 21 heavy (non-hydrogen) atoms. The minimum Gasteiger partial charge on any atom is -0.367 e. The van der Waals surface area contributed by atoms with Gasteiger partial charge in [-0.2, -0.15) is 4.98 Å². The van der Waals surface area contributed by atoms with Crippen molar-refractivity contribution in [2.24, 2.45) is 5.73 Å². The highest BCUT2D eigenvalue weighted by atomic mass is 16.5. The molecular formula is C16H23N3O2. The van der Waals surface area contributed by atoms with Gasteiger partial charge in [-0.05, 0) is 50.9 Å². The van der Waals surface area contributed by atoms with Gasteiger partial charge in [-0.3, -0.25) is 0 Å². The highest BCUT2D eigenvalue weighted by molar-refractivity contribution is 5.54. The quantitative estimate of drug-likeness (QED) is 0.848. The van der Waals surface area contributed by atoms with Gasteiger partial charge in [0.25, 0.3) is 5.89 Å². The lowest BCUT2D eigenvalue weighted by Crippen LogP contribution is -2.26. The van der Waals surface area contributed by atoms with Gasteiger partial charge in [-0.25, -0.2) is 0 Å². The Morgan fingerprint density at radius 3 is 2.81 bits per heavy atom. The predicted molar refractivity (Wildman–Crippen MR) is 81.8 cm³/mol. The lowest BCUT2D eigenvalue weighted by atomic mass is 10.0. The second-order valence-corrected chi connectivity index (χ2v) is 5.18. The summed E-state index contributed by atoms with van der Waals surface area (Å²) in [5.74, 6) is 1.11. The van der Waals surface area contributed by atoms with Gasteiger partial charge in [-0.1, -0.05) is 24.2 Å². The van der Waals surface area contributed by atoms with E-state index in [1.165, 1.54) is 0 Å². The molecule has 0 amide bonds. The zero-order valence-corrected chi connectivity index (χ0v) is 12.9. The first-order valence-corrected chi connectivity index (χ1v) is 7.40. The number of nitrogens with zero attached hydrogens (tertiary/aromatic N) is 2. The maximum absolute atomic E-state index is 5.77. The summed E-state index contributed by atoms with van der Waals surface area (Å²) >= 11 is 0. The van der Waals surface area contributed by atoms with E-state index in [1.807, 2.05) is 45.0 Å². The summed E-state index contributed by atoms with van der Waals surface area (Å²) in [4.78, 5) is 4.51. The summed E-state index contributed by atoms with van der Waals surface area (Å²) in [6.07, 6.45) is 1.62. The average Bonchev–Trinajstić information content (AvgIpc) is 2.98. The number of benzene rings is 1. The molecule has 0 spiro atoms. The van der Waals surface area contributed by atoms with E-state index in [9.17, 15) is 0 Å². The summed E-state index contributed by atoms with van der Waals surface area (Å²) in [7, 11) is 0. The molecule has 0 saturated carbocycles. The lowest BCUT2D eigenvalue weighted by molar-refractivity contribution is -0.0403. The first-order valence-electron chi connectivity index (χ1n) is 7.40. The second kappa shape index (κ2) is 6.83. The van der Waals surface area contributed by atoms with Crippen molar-refractivity contribution in [1.29, 1.82) is 0 Å². The Hall–Kier alpha value is -1.72.